The number of benzene rings is 1. The first-order valence-corrected chi connectivity index (χ1v) is 8.21. The van der Waals surface area contributed by atoms with E-state index in [0.717, 1.165) is 10.1 Å². The summed E-state index contributed by atoms with van der Waals surface area (Å²) in [7, 11) is -3.28. The van der Waals surface area contributed by atoms with Gasteiger partial charge in [-0.2, -0.15) is 0 Å². The smallest absolute Gasteiger partial charge is 0.232 e. The molecule has 0 bridgehead atoms. The molecule has 1 aromatic heterocycles. The van der Waals surface area contributed by atoms with E-state index in [1.54, 1.807) is 17.4 Å². The molecule has 0 aliphatic carbocycles. The van der Waals surface area contributed by atoms with E-state index in [2.05, 4.69) is 4.72 Å². The van der Waals surface area contributed by atoms with Gasteiger partial charge in [0.25, 0.3) is 0 Å². The van der Waals surface area contributed by atoms with E-state index >= 15 is 0 Å². The summed E-state index contributed by atoms with van der Waals surface area (Å²) < 4.78 is 27.0. The Labute approximate surface area is 109 Å². The van der Waals surface area contributed by atoms with Crippen molar-refractivity contribution in [3.8, 4) is 0 Å². The van der Waals surface area contributed by atoms with E-state index in [1.807, 2.05) is 23.6 Å². The van der Waals surface area contributed by atoms with Gasteiger partial charge in [-0.25, -0.2) is 8.42 Å². The van der Waals surface area contributed by atoms with Crippen molar-refractivity contribution in [3.05, 3.63) is 29.6 Å². The molecule has 0 saturated carbocycles. The molecule has 1 N–H and O–H groups in total. The number of sulfonamides is 1. The summed E-state index contributed by atoms with van der Waals surface area (Å²) in [5.74, 6) is 0.405. The van der Waals surface area contributed by atoms with Gasteiger partial charge in [-0.15, -0.1) is 22.9 Å². The summed E-state index contributed by atoms with van der Waals surface area (Å²) >= 11 is 7.12. The third kappa shape index (κ3) is 3.34. The molecule has 0 unspecified atom stereocenters. The van der Waals surface area contributed by atoms with Crippen molar-refractivity contribution < 1.29 is 8.42 Å². The number of thiophene rings is 1. The van der Waals surface area contributed by atoms with Crippen LogP contribution in [0, 0.1) is 0 Å². The third-order valence-electron chi connectivity index (χ3n) is 2.27. The number of nitrogens with one attached hydrogen (secondary N) is 1. The molecule has 2 aromatic rings. The number of rotatable bonds is 5. The molecule has 1 aromatic carbocycles. The van der Waals surface area contributed by atoms with Gasteiger partial charge < -0.3 is 0 Å². The van der Waals surface area contributed by atoms with Gasteiger partial charge in [0.05, 0.1) is 5.75 Å². The van der Waals surface area contributed by atoms with E-state index in [1.165, 1.54) is 0 Å². The minimum atomic E-state index is -3.28. The number of alkyl halides is 1. The molecule has 0 aliphatic rings. The Morgan fingerprint density at radius 2 is 2.12 bits per heavy atom. The molecule has 92 valence electrons. The fraction of sp³-hybridized carbons (Fsp3) is 0.273. The number of hydrogen-bond acceptors (Lipinski definition) is 3. The Morgan fingerprint density at radius 1 is 1.29 bits per heavy atom. The highest BCUT2D eigenvalue weighted by molar-refractivity contribution is 7.92. The van der Waals surface area contributed by atoms with Crippen LogP contribution < -0.4 is 4.72 Å². The minimum Gasteiger partial charge on any atom is -0.284 e. The van der Waals surface area contributed by atoms with Crippen LogP contribution >= 0.6 is 22.9 Å². The highest BCUT2D eigenvalue weighted by Gasteiger charge is 2.09. The molecule has 3 nitrogen and oxygen atoms in total. The predicted molar refractivity (Wildman–Crippen MR) is 74.6 cm³/mol. The predicted octanol–water partition coefficient (Wildman–Crippen LogP) is 3.27. The molecule has 2 rings (SSSR count). The SMILES string of the molecule is O=S(=O)(CCCCl)Nc1ccc2sccc2c1. The van der Waals surface area contributed by atoms with Crippen LogP contribution in [0.4, 0.5) is 5.69 Å². The van der Waals surface area contributed by atoms with Crippen molar-refractivity contribution >= 4 is 48.7 Å². The number of fused-ring (bicyclic) bond motifs is 1. The van der Waals surface area contributed by atoms with Crippen LogP contribution in [0.1, 0.15) is 6.42 Å². The quantitative estimate of drug-likeness (QED) is 0.859. The Balaban J connectivity index is 2.17. The molecule has 0 atom stereocenters. The van der Waals surface area contributed by atoms with Crippen molar-refractivity contribution in [2.24, 2.45) is 0 Å². The zero-order chi connectivity index (χ0) is 12.3. The van der Waals surface area contributed by atoms with Crippen LogP contribution in [0.3, 0.4) is 0 Å². The molecule has 0 aliphatic heterocycles. The van der Waals surface area contributed by atoms with Crippen LogP contribution in [0.15, 0.2) is 29.6 Å². The summed E-state index contributed by atoms with van der Waals surface area (Å²) in [6, 6.07) is 7.50. The van der Waals surface area contributed by atoms with Gasteiger partial charge >= 0.3 is 0 Å². The topological polar surface area (TPSA) is 46.2 Å². The second-order valence-corrected chi connectivity index (χ2v) is 6.80. The molecule has 0 saturated heterocycles. The van der Waals surface area contributed by atoms with Gasteiger partial charge in [-0.05, 0) is 41.5 Å². The number of anilines is 1. The van der Waals surface area contributed by atoms with Crippen molar-refractivity contribution in [1.29, 1.82) is 0 Å². The van der Waals surface area contributed by atoms with Crippen molar-refractivity contribution in [3.63, 3.8) is 0 Å². The van der Waals surface area contributed by atoms with Crippen LogP contribution in [0.5, 0.6) is 0 Å². The van der Waals surface area contributed by atoms with Gasteiger partial charge in [-0.1, -0.05) is 0 Å². The van der Waals surface area contributed by atoms with E-state index in [9.17, 15) is 8.42 Å². The second kappa shape index (κ2) is 5.25. The highest BCUT2D eigenvalue weighted by Crippen LogP contribution is 2.24. The van der Waals surface area contributed by atoms with Crippen molar-refractivity contribution in [1.82, 2.24) is 0 Å². The van der Waals surface area contributed by atoms with Gasteiger partial charge in [0, 0.05) is 16.3 Å². The summed E-state index contributed by atoms with van der Waals surface area (Å²) in [5.41, 5.74) is 0.602. The lowest BCUT2D eigenvalue weighted by atomic mass is 10.2. The molecule has 6 heteroatoms. The van der Waals surface area contributed by atoms with Gasteiger partial charge in [-0.3, -0.25) is 4.72 Å². The lowest BCUT2D eigenvalue weighted by Gasteiger charge is -2.07. The maximum absolute atomic E-state index is 11.7. The standard InChI is InChI=1S/C11H12ClNO2S2/c12-5-1-7-17(14,15)13-10-2-3-11-9(8-10)4-6-16-11/h2-4,6,8,13H,1,5,7H2. The summed E-state index contributed by atoms with van der Waals surface area (Å²) in [4.78, 5) is 0. The molecule has 1 heterocycles. The van der Waals surface area contributed by atoms with Crippen LogP contribution in [-0.4, -0.2) is 20.1 Å². The Hall–Kier alpha value is -0.780. The molecular weight excluding hydrogens is 278 g/mol. The van der Waals surface area contributed by atoms with Gasteiger partial charge in [0.1, 0.15) is 0 Å². The van der Waals surface area contributed by atoms with E-state index in [-0.39, 0.29) is 5.75 Å². The monoisotopic (exact) mass is 289 g/mol. The van der Waals surface area contributed by atoms with Crippen LogP contribution in [0.2, 0.25) is 0 Å². The molecule has 0 spiro atoms. The number of hydrogen-bond donors (Lipinski definition) is 1. The van der Waals surface area contributed by atoms with E-state index < -0.39 is 10.0 Å². The lowest BCUT2D eigenvalue weighted by molar-refractivity contribution is 0.600. The molecular formula is C11H12ClNO2S2. The molecule has 0 amide bonds. The second-order valence-electron chi connectivity index (χ2n) is 3.64. The van der Waals surface area contributed by atoms with Crippen LogP contribution in [0.25, 0.3) is 10.1 Å². The average Bonchev–Trinajstić information content (AvgIpc) is 2.73. The number of halogens is 1. The summed E-state index contributed by atoms with van der Waals surface area (Å²) in [6.07, 6.45) is 0.456. The minimum absolute atomic E-state index is 0.0537. The summed E-state index contributed by atoms with van der Waals surface area (Å²) in [6.45, 7) is 0. The van der Waals surface area contributed by atoms with Crippen LogP contribution in [-0.2, 0) is 10.0 Å². The zero-order valence-electron chi connectivity index (χ0n) is 9.02. The first-order valence-electron chi connectivity index (χ1n) is 5.14. The average molecular weight is 290 g/mol. The summed E-state index contributed by atoms with van der Waals surface area (Å²) in [5, 5.41) is 3.03. The lowest BCUT2D eigenvalue weighted by Crippen LogP contribution is -2.16. The first kappa shape index (κ1) is 12.7. The normalized spacial score (nSPS) is 11.8. The van der Waals surface area contributed by atoms with Gasteiger partial charge in [0.15, 0.2) is 0 Å². The Kier molecular flexibility index (Phi) is 3.91. The van der Waals surface area contributed by atoms with E-state index in [0.29, 0.717) is 18.0 Å². The molecule has 0 radical (unpaired) electrons. The largest absolute Gasteiger partial charge is 0.284 e. The van der Waals surface area contributed by atoms with E-state index in [4.69, 9.17) is 11.6 Å². The highest BCUT2D eigenvalue weighted by atomic mass is 35.5. The maximum atomic E-state index is 11.7. The first-order chi connectivity index (χ1) is 8.11. The van der Waals surface area contributed by atoms with Crippen molar-refractivity contribution in [2.45, 2.75) is 6.42 Å². The molecule has 17 heavy (non-hydrogen) atoms. The molecule has 0 fully saturated rings. The fourth-order valence-corrected chi connectivity index (χ4v) is 3.68. The fourth-order valence-electron chi connectivity index (χ4n) is 1.51. The third-order valence-corrected chi connectivity index (χ3v) is 4.81. The Morgan fingerprint density at radius 3 is 2.88 bits per heavy atom. The zero-order valence-corrected chi connectivity index (χ0v) is 11.4. The Bertz CT molecular complexity index is 607. The maximum Gasteiger partial charge on any atom is 0.232 e. The van der Waals surface area contributed by atoms with Crippen molar-refractivity contribution in [2.75, 3.05) is 16.4 Å². The van der Waals surface area contributed by atoms with Gasteiger partial charge in [0.2, 0.25) is 10.0 Å².